The van der Waals surface area contributed by atoms with E-state index in [0.717, 1.165) is 4.85 Å². The first-order chi connectivity index (χ1) is 11.2. The van der Waals surface area contributed by atoms with Gasteiger partial charge in [0.15, 0.2) is 5.69 Å². The number of aromatic nitrogens is 2. The second-order valence-electron chi connectivity index (χ2n) is 4.65. The van der Waals surface area contributed by atoms with E-state index in [1.807, 2.05) is 12.1 Å². The van der Waals surface area contributed by atoms with Crippen LogP contribution in [0.2, 0.25) is 0 Å². The maximum Gasteiger partial charge on any atom is 0.437 e. The fourth-order valence-electron chi connectivity index (χ4n) is 2.00. The Kier molecular flexibility index (Phi) is 4.15. The fourth-order valence-corrected chi connectivity index (χ4v) is 2.00. The number of ketones is 1. The van der Waals surface area contributed by atoms with E-state index in [2.05, 4.69) is 10.4 Å². The molecular formula is C17H13N3O3. The molecule has 0 aliphatic rings. The number of benzene rings is 2. The van der Waals surface area contributed by atoms with E-state index in [0.29, 0.717) is 11.3 Å². The zero-order valence-corrected chi connectivity index (χ0v) is 12.0. The van der Waals surface area contributed by atoms with Gasteiger partial charge in [0, 0.05) is 11.3 Å². The van der Waals surface area contributed by atoms with Crippen LogP contribution in [-0.2, 0) is 0 Å². The molecule has 23 heavy (non-hydrogen) atoms. The van der Waals surface area contributed by atoms with Gasteiger partial charge < -0.3 is 0 Å². The van der Waals surface area contributed by atoms with Crippen LogP contribution in [0.5, 0.6) is 0 Å². The Morgan fingerprint density at radius 3 is 2.26 bits per heavy atom. The van der Waals surface area contributed by atoms with Gasteiger partial charge in [0.05, 0.1) is 6.20 Å². The van der Waals surface area contributed by atoms with E-state index in [4.69, 9.17) is 4.84 Å². The van der Waals surface area contributed by atoms with Gasteiger partial charge in [-0.25, -0.2) is 4.79 Å². The first kappa shape index (κ1) is 14.5. The largest absolute Gasteiger partial charge is 0.437 e. The molecule has 0 saturated carbocycles. The molecule has 1 N–H and O–H groups in total. The number of nitrogens with one attached hydrogen (secondary N) is 1. The first-order valence-corrected chi connectivity index (χ1v) is 6.92. The highest BCUT2D eigenvalue weighted by atomic mass is 16.7. The highest BCUT2D eigenvalue weighted by Crippen LogP contribution is 2.09. The molecule has 0 bridgehead atoms. The number of rotatable bonds is 4. The van der Waals surface area contributed by atoms with Crippen molar-refractivity contribution in [3.05, 3.63) is 84.2 Å². The minimum atomic E-state index is -0.734. The Bertz CT molecular complexity index is 813. The van der Waals surface area contributed by atoms with Gasteiger partial charge in [0.1, 0.15) is 0 Å². The lowest BCUT2D eigenvalue weighted by atomic mass is 10.1. The van der Waals surface area contributed by atoms with Crippen LogP contribution >= 0.6 is 0 Å². The molecule has 6 heteroatoms. The third-order valence-corrected chi connectivity index (χ3v) is 3.07. The van der Waals surface area contributed by atoms with Gasteiger partial charge in [-0.15, -0.1) is 5.10 Å². The summed E-state index contributed by atoms with van der Waals surface area (Å²) in [6.45, 7) is 0. The molecule has 0 aliphatic heterocycles. The topological polar surface area (TPSA) is 73.2 Å². The maximum absolute atomic E-state index is 12.4. The number of para-hydroxylation sites is 1. The van der Waals surface area contributed by atoms with Crippen LogP contribution in [0.1, 0.15) is 16.1 Å². The van der Waals surface area contributed by atoms with Gasteiger partial charge in [-0.05, 0) is 18.2 Å². The summed E-state index contributed by atoms with van der Waals surface area (Å²) < 4.78 is 0. The minimum Gasteiger partial charge on any atom is -0.298 e. The molecule has 6 nitrogen and oxygen atoms in total. The van der Waals surface area contributed by atoms with Crippen molar-refractivity contribution in [3.8, 4) is 0 Å². The van der Waals surface area contributed by atoms with Gasteiger partial charge in [0.25, 0.3) is 0 Å². The minimum absolute atomic E-state index is 0.166. The molecule has 0 radical (unpaired) electrons. The Morgan fingerprint density at radius 1 is 0.913 bits per heavy atom. The number of anilines is 1. The van der Waals surface area contributed by atoms with Crippen LogP contribution in [0.15, 0.2) is 72.9 Å². The second-order valence-corrected chi connectivity index (χ2v) is 4.65. The standard InChI is InChI=1S/C17H13N3O3/c21-16(13-7-3-1-4-8-13)15-11-12-18-20(15)23-17(22)19-14-9-5-2-6-10-14/h1-12H,(H,19,22). The Labute approximate surface area is 132 Å². The summed E-state index contributed by atoms with van der Waals surface area (Å²) in [5, 5.41) is 6.41. The molecule has 1 amide bonds. The van der Waals surface area contributed by atoms with E-state index in [1.54, 1.807) is 48.5 Å². The van der Waals surface area contributed by atoms with Crippen molar-refractivity contribution in [2.75, 3.05) is 5.32 Å². The predicted molar refractivity (Wildman–Crippen MR) is 84.1 cm³/mol. The van der Waals surface area contributed by atoms with E-state index >= 15 is 0 Å². The smallest absolute Gasteiger partial charge is 0.298 e. The van der Waals surface area contributed by atoms with Crippen LogP contribution in [0.25, 0.3) is 0 Å². The highest BCUT2D eigenvalue weighted by Gasteiger charge is 2.17. The maximum atomic E-state index is 12.4. The highest BCUT2D eigenvalue weighted by molar-refractivity contribution is 6.07. The Hall–Kier alpha value is -3.41. The molecule has 0 saturated heterocycles. The fraction of sp³-hybridized carbons (Fsp3) is 0. The van der Waals surface area contributed by atoms with Gasteiger partial charge >= 0.3 is 6.09 Å². The summed E-state index contributed by atoms with van der Waals surface area (Å²) in [6.07, 6.45) is 0.661. The molecular weight excluding hydrogens is 294 g/mol. The number of amides is 1. The molecule has 0 atom stereocenters. The molecule has 3 rings (SSSR count). The van der Waals surface area contributed by atoms with Crippen molar-refractivity contribution in [1.29, 1.82) is 0 Å². The summed E-state index contributed by atoms with van der Waals surface area (Å²) in [5.41, 5.74) is 1.24. The number of carbonyl (C=O) groups excluding carboxylic acids is 2. The molecule has 0 unspecified atom stereocenters. The van der Waals surface area contributed by atoms with Gasteiger partial charge in [0.2, 0.25) is 5.78 Å². The van der Waals surface area contributed by atoms with Crippen molar-refractivity contribution in [2.24, 2.45) is 0 Å². The molecule has 2 aromatic carbocycles. The summed E-state index contributed by atoms with van der Waals surface area (Å²) in [6, 6.07) is 19.0. The summed E-state index contributed by atoms with van der Waals surface area (Å²) in [5.74, 6) is -0.282. The van der Waals surface area contributed by atoms with Gasteiger partial charge in [-0.1, -0.05) is 53.4 Å². The third-order valence-electron chi connectivity index (χ3n) is 3.07. The molecule has 1 aromatic heterocycles. The average Bonchev–Trinajstić information content (AvgIpc) is 3.03. The van der Waals surface area contributed by atoms with Crippen molar-refractivity contribution in [1.82, 2.24) is 9.94 Å². The summed E-state index contributed by atoms with van der Waals surface area (Å²) >= 11 is 0. The molecule has 114 valence electrons. The van der Waals surface area contributed by atoms with Crippen LogP contribution in [0, 0.1) is 0 Å². The summed E-state index contributed by atoms with van der Waals surface area (Å²) in [7, 11) is 0. The Balaban J connectivity index is 1.74. The lowest BCUT2D eigenvalue weighted by Gasteiger charge is -2.08. The second kappa shape index (κ2) is 6.57. The lowest BCUT2D eigenvalue weighted by Crippen LogP contribution is -2.28. The monoisotopic (exact) mass is 307 g/mol. The number of nitrogens with zero attached hydrogens (tertiary/aromatic N) is 2. The zero-order valence-electron chi connectivity index (χ0n) is 12.0. The quantitative estimate of drug-likeness (QED) is 0.752. The number of hydrogen-bond acceptors (Lipinski definition) is 4. The molecule has 1 heterocycles. The molecule has 0 fully saturated rings. The van der Waals surface area contributed by atoms with E-state index < -0.39 is 6.09 Å². The van der Waals surface area contributed by atoms with Crippen molar-refractivity contribution in [2.45, 2.75) is 0 Å². The van der Waals surface area contributed by atoms with Gasteiger partial charge in [-0.2, -0.15) is 0 Å². The average molecular weight is 307 g/mol. The first-order valence-electron chi connectivity index (χ1n) is 6.92. The van der Waals surface area contributed by atoms with Crippen LogP contribution < -0.4 is 10.2 Å². The number of hydrogen-bond donors (Lipinski definition) is 1. The van der Waals surface area contributed by atoms with E-state index in [9.17, 15) is 9.59 Å². The molecule has 3 aromatic rings. The van der Waals surface area contributed by atoms with Crippen molar-refractivity contribution in [3.63, 3.8) is 0 Å². The lowest BCUT2D eigenvalue weighted by molar-refractivity contribution is 0.0957. The van der Waals surface area contributed by atoms with Crippen molar-refractivity contribution >= 4 is 17.6 Å². The molecule has 0 spiro atoms. The summed E-state index contributed by atoms with van der Waals surface area (Å²) in [4.78, 5) is 30.3. The van der Waals surface area contributed by atoms with Crippen LogP contribution in [0.4, 0.5) is 10.5 Å². The van der Waals surface area contributed by atoms with Gasteiger partial charge in [-0.3, -0.25) is 14.9 Å². The third kappa shape index (κ3) is 3.44. The normalized spacial score (nSPS) is 10.1. The van der Waals surface area contributed by atoms with Crippen molar-refractivity contribution < 1.29 is 14.4 Å². The van der Waals surface area contributed by atoms with Crippen LogP contribution in [0.3, 0.4) is 0 Å². The zero-order chi connectivity index (χ0) is 16.1. The van der Waals surface area contributed by atoms with Crippen LogP contribution in [-0.4, -0.2) is 21.8 Å². The van der Waals surface area contributed by atoms with E-state index in [1.165, 1.54) is 12.3 Å². The molecule has 0 aliphatic carbocycles. The Morgan fingerprint density at radius 2 is 1.57 bits per heavy atom. The predicted octanol–water partition coefficient (Wildman–Crippen LogP) is 2.77. The SMILES string of the molecule is O=C(Nc1ccccc1)On1nccc1C(=O)c1ccccc1. The van der Waals surface area contributed by atoms with E-state index in [-0.39, 0.29) is 11.5 Å². The number of carbonyl (C=O) groups is 2.